The molecule has 4 rings (SSSR count). The highest BCUT2D eigenvalue weighted by atomic mass is 32.2. The molecule has 1 heterocycles. The van der Waals surface area contributed by atoms with Crippen molar-refractivity contribution >= 4 is 21.8 Å². The maximum Gasteiger partial charge on any atom is 0.339 e. The molecule has 0 aliphatic heterocycles. The van der Waals surface area contributed by atoms with Crippen molar-refractivity contribution in [3.05, 3.63) is 114 Å². The van der Waals surface area contributed by atoms with E-state index in [0.717, 1.165) is 41.8 Å². The third-order valence-electron chi connectivity index (χ3n) is 5.41. The van der Waals surface area contributed by atoms with Gasteiger partial charge in [0.1, 0.15) is 22.2 Å². The Kier molecular flexibility index (Phi) is 7.70. The van der Waals surface area contributed by atoms with Crippen molar-refractivity contribution in [1.82, 2.24) is 4.90 Å². The monoisotopic (exact) mass is 508 g/mol. The summed E-state index contributed by atoms with van der Waals surface area (Å²) in [7, 11) is -4.11. The summed E-state index contributed by atoms with van der Waals surface area (Å²) in [5.41, 5.74) is 2.56. The fourth-order valence-electron chi connectivity index (χ4n) is 3.51. The first-order valence-corrected chi connectivity index (χ1v) is 12.7. The summed E-state index contributed by atoms with van der Waals surface area (Å²) in [5, 5.41) is 2.93. The predicted molar refractivity (Wildman–Crippen MR) is 133 cm³/mol. The minimum Gasteiger partial charge on any atom is -0.467 e. The predicted octanol–water partition coefficient (Wildman–Crippen LogP) is 5.98. The van der Waals surface area contributed by atoms with Crippen LogP contribution < -0.4 is 9.50 Å². The first-order valence-electron chi connectivity index (χ1n) is 11.3. The van der Waals surface area contributed by atoms with E-state index in [-0.39, 0.29) is 29.8 Å². The molecule has 9 heteroatoms. The van der Waals surface area contributed by atoms with Gasteiger partial charge in [-0.3, -0.25) is 0 Å². The van der Waals surface area contributed by atoms with E-state index in [0.29, 0.717) is 11.4 Å². The smallest absolute Gasteiger partial charge is 0.339 e. The molecule has 0 atom stereocenters. The number of amides is 2. The molecule has 0 bridgehead atoms. The van der Waals surface area contributed by atoms with E-state index in [1.807, 2.05) is 31.2 Å². The average Bonchev–Trinajstić information content (AvgIpc) is 3.38. The summed E-state index contributed by atoms with van der Waals surface area (Å²) in [6, 6.07) is 21.6. The van der Waals surface area contributed by atoms with Gasteiger partial charge in [0.05, 0.1) is 12.8 Å². The van der Waals surface area contributed by atoms with Gasteiger partial charge in [0.2, 0.25) is 0 Å². The van der Waals surface area contributed by atoms with Crippen LogP contribution in [-0.2, 0) is 29.6 Å². The third kappa shape index (κ3) is 6.51. The highest BCUT2D eigenvalue weighted by Gasteiger charge is 2.19. The maximum absolute atomic E-state index is 13.1. The topological polar surface area (TPSA) is 88.9 Å². The summed E-state index contributed by atoms with van der Waals surface area (Å²) in [5.74, 6) is 0.179. The van der Waals surface area contributed by atoms with E-state index in [9.17, 15) is 17.6 Å². The number of hydrogen-bond donors (Lipinski definition) is 1. The van der Waals surface area contributed by atoms with Gasteiger partial charge in [0.15, 0.2) is 0 Å². The number of benzene rings is 3. The van der Waals surface area contributed by atoms with Crippen LogP contribution >= 0.6 is 0 Å². The number of hydrogen-bond acceptors (Lipinski definition) is 5. The Morgan fingerprint density at radius 3 is 2.36 bits per heavy atom. The van der Waals surface area contributed by atoms with E-state index in [1.165, 1.54) is 12.1 Å². The zero-order chi connectivity index (χ0) is 25.5. The Bertz CT molecular complexity index is 1400. The van der Waals surface area contributed by atoms with Gasteiger partial charge in [-0.25, -0.2) is 9.18 Å². The molecule has 0 saturated heterocycles. The molecule has 0 fully saturated rings. The normalized spacial score (nSPS) is 11.2. The molecular formula is C27H25FN2O5S. The van der Waals surface area contributed by atoms with Crippen LogP contribution in [0.4, 0.5) is 14.9 Å². The number of aryl methyl sites for hydroxylation is 1. The second-order valence-electron chi connectivity index (χ2n) is 8.05. The van der Waals surface area contributed by atoms with Gasteiger partial charge in [-0.1, -0.05) is 31.2 Å². The zero-order valence-electron chi connectivity index (χ0n) is 19.6. The number of carbonyl (C=O) groups is 1. The van der Waals surface area contributed by atoms with Crippen LogP contribution in [0.3, 0.4) is 0 Å². The Morgan fingerprint density at radius 1 is 0.944 bits per heavy atom. The largest absolute Gasteiger partial charge is 0.467 e. The standard InChI is InChI=1S/C27H25FN2O5S/c1-2-20-5-3-6-23(17-20)29-27(31)30(19-25-7-4-16-34-25)18-21-8-12-24(13-9-21)35-36(32,33)26-14-10-22(28)11-15-26/h3-17H,2,18-19H2,1H3,(H,29,31). The van der Waals surface area contributed by atoms with Gasteiger partial charge >= 0.3 is 16.1 Å². The van der Waals surface area contributed by atoms with E-state index < -0.39 is 15.9 Å². The highest BCUT2D eigenvalue weighted by Crippen LogP contribution is 2.21. The van der Waals surface area contributed by atoms with Crippen LogP contribution in [0.1, 0.15) is 23.8 Å². The lowest BCUT2D eigenvalue weighted by molar-refractivity contribution is 0.201. The number of furan rings is 1. The van der Waals surface area contributed by atoms with Crippen molar-refractivity contribution in [3.8, 4) is 5.75 Å². The number of nitrogens with zero attached hydrogens (tertiary/aromatic N) is 1. The van der Waals surface area contributed by atoms with Crippen molar-refractivity contribution in [2.24, 2.45) is 0 Å². The zero-order valence-corrected chi connectivity index (χ0v) is 20.4. The van der Waals surface area contributed by atoms with Gasteiger partial charge in [0, 0.05) is 12.2 Å². The Labute approximate surface area is 209 Å². The highest BCUT2D eigenvalue weighted by molar-refractivity contribution is 7.87. The van der Waals surface area contributed by atoms with E-state index >= 15 is 0 Å². The molecular weight excluding hydrogens is 483 g/mol. The van der Waals surface area contributed by atoms with Gasteiger partial charge in [-0.05, 0) is 78.2 Å². The summed E-state index contributed by atoms with van der Waals surface area (Å²) in [4.78, 5) is 14.6. The average molecular weight is 509 g/mol. The summed E-state index contributed by atoms with van der Waals surface area (Å²) in [6.07, 6.45) is 2.40. The summed E-state index contributed by atoms with van der Waals surface area (Å²) in [6.45, 7) is 2.52. The number of halogens is 1. The minimum atomic E-state index is -4.11. The second kappa shape index (κ2) is 11.1. The molecule has 4 aromatic rings. The van der Waals surface area contributed by atoms with Crippen LogP contribution in [0.5, 0.6) is 5.75 Å². The molecule has 0 spiro atoms. The lowest BCUT2D eigenvalue weighted by Gasteiger charge is -2.22. The molecule has 186 valence electrons. The minimum absolute atomic E-state index is 0.0986. The van der Waals surface area contributed by atoms with Gasteiger partial charge in [0.25, 0.3) is 0 Å². The first kappa shape index (κ1) is 25.0. The number of rotatable bonds is 9. The fraction of sp³-hybridized carbons (Fsp3) is 0.148. The number of urea groups is 1. The molecule has 0 unspecified atom stereocenters. The Hall–Kier alpha value is -4.11. The number of anilines is 1. The van der Waals surface area contributed by atoms with Crippen molar-refractivity contribution in [2.75, 3.05) is 5.32 Å². The summed E-state index contributed by atoms with van der Waals surface area (Å²) < 4.78 is 48.6. The second-order valence-corrected chi connectivity index (χ2v) is 9.60. The molecule has 0 aliphatic carbocycles. The molecule has 0 saturated carbocycles. The van der Waals surface area contributed by atoms with Crippen LogP contribution in [-0.4, -0.2) is 19.3 Å². The Morgan fingerprint density at radius 2 is 1.69 bits per heavy atom. The van der Waals surface area contributed by atoms with Gasteiger partial charge in [-0.15, -0.1) is 0 Å². The van der Waals surface area contributed by atoms with Crippen LogP contribution in [0, 0.1) is 5.82 Å². The van der Waals surface area contributed by atoms with Crippen molar-refractivity contribution in [2.45, 2.75) is 31.3 Å². The maximum atomic E-state index is 13.1. The van der Waals surface area contributed by atoms with Crippen molar-refractivity contribution < 1.29 is 26.2 Å². The molecule has 36 heavy (non-hydrogen) atoms. The van der Waals surface area contributed by atoms with Gasteiger partial charge < -0.3 is 18.8 Å². The molecule has 0 aliphatic rings. The van der Waals surface area contributed by atoms with E-state index in [2.05, 4.69) is 5.32 Å². The number of nitrogens with one attached hydrogen (secondary N) is 1. The van der Waals surface area contributed by atoms with Crippen molar-refractivity contribution in [1.29, 1.82) is 0 Å². The molecule has 7 nitrogen and oxygen atoms in total. The molecule has 2 amide bonds. The molecule has 0 radical (unpaired) electrons. The first-order chi connectivity index (χ1) is 17.3. The van der Waals surface area contributed by atoms with E-state index in [1.54, 1.807) is 35.4 Å². The Balaban J connectivity index is 1.47. The fourth-order valence-corrected chi connectivity index (χ4v) is 4.44. The lowest BCUT2D eigenvalue weighted by Crippen LogP contribution is -2.34. The molecule has 1 aromatic heterocycles. The third-order valence-corrected chi connectivity index (χ3v) is 6.67. The van der Waals surface area contributed by atoms with Crippen LogP contribution in [0.25, 0.3) is 0 Å². The molecule has 1 N–H and O–H groups in total. The van der Waals surface area contributed by atoms with E-state index in [4.69, 9.17) is 8.60 Å². The van der Waals surface area contributed by atoms with Crippen LogP contribution in [0.2, 0.25) is 0 Å². The van der Waals surface area contributed by atoms with Crippen molar-refractivity contribution in [3.63, 3.8) is 0 Å². The SMILES string of the molecule is CCc1cccc(NC(=O)N(Cc2ccc(OS(=O)(=O)c3ccc(F)cc3)cc2)Cc2ccco2)c1. The summed E-state index contributed by atoms with van der Waals surface area (Å²) >= 11 is 0. The van der Waals surface area contributed by atoms with Crippen LogP contribution in [0.15, 0.2) is 101 Å². The number of carbonyl (C=O) groups excluding carboxylic acids is 1. The molecule has 3 aromatic carbocycles. The lowest BCUT2D eigenvalue weighted by atomic mass is 10.1. The van der Waals surface area contributed by atoms with Gasteiger partial charge in [-0.2, -0.15) is 8.42 Å². The quantitative estimate of drug-likeness (QED) is 0.281.